The van der Waals surface area contributed by atoms with E-state index < -0.39 is 0 Å². The van der Waals surface area contributed by atoms with Gasteiger partial charge in [0.2, 0.25) is 0 Å². The highest BCUT2D eigenvalue weighted by Crippen LogP contribution is 2.38. The highest BCUT2D eigenvalue weighted by Gasteiger charge is 2.49. The van der Waals surface area contributed by atoms with Crippen LogP contribution in [-0.4, -0.2) is 80.1 Å². The largest absolute Gasteiger partial charge is 0.329 e. The Hall–Kier alpha value is -0.160. The molecular formula is C15H32N4. The molecule has 2 heterocycles. The van der Waals surface area contributed by atoms with Crippen molar-refractivity contribution in [2.45, 2.75) is 43.7 Å². The highest BCUT2D eigenvalue weighted by molar-refractivity contribution is 5.08. The topological polar surface area (TPSA) is 35.7 Å². The molecule has 2 fully saturated rings. The first-order valence-electron chi connectivity index (χ1n) is 7.90. The molecule has 0 spiro atoms. The van der Waals surface area contributed by atoms with E-state index in [1.807, 2.05) is 0 Å². The lowest BCUT2D eigenvalue weighted by atomic mass is 9.84. The van der Waals surface area contributed by atoms with Crippen molar-refractivity contribution >= 4 is 0 Å². The average Bonchev–Trinajstić information content (AvgIpc) is 2.78. The van der Waals surface area contributed by atoms with Gasteiger partial charge in [0.1, 0.15) is 0 Å². The summed E-state index contributed by atoms with van der Waals surface area (Å²) < 4.78 is 0. The Labute approximate surface area is 118 Å². The maximum absolute atomic E-state index is 6.23. The van der Waals surface area contributed by atoms with Gasteiger partial charge in [0, 0.05) is 24.7 Å². The van der Waals surface area contributed by atoms with Crippen LogP contribution in [-0.2, 0) is 0 Å². The van der Waals surface area contributed by atoms with Gasteiger partial charge in [0.25, 0.3) is 0 Å². The summed E-state index contributed by atoms with van der Waals surface area (Å²) in [6.45, 7) is 5.68. The van der Waals surface area contributed by atoms with Crippen molar-refractivity contribution in [1.82, 2.24) is 14.7 Å². The number of likely N-dealkylation sites (N-methyl/N-ethyl adjacent to an activating group) is 1. The van der Waals surface area contributed by atoms with Gasteiger partial charge in [-0.15, -0.1) is 0 Å². The van der Waals surface area contributed by atoms with Gasteiger partial charge in [-0.25, -0.2) is 0 Å². The normalized spacial score (nSPS) is 32.2. The summed E-state index contributed by atoms with van der Waals surface area (Å²) in [6, 6.07) is 0.704. The van der Waals surface area contributed by atoms with Crippen LogP contribution in [0.1, 0.15) is 32.1 Å². The molecule has 2 unspecified atom stereocenters. The number of fused-ring (bicyclic) bond motifs is 1. The Morgan fingerprint density at radius 3 is 2.63 bits per heavy atom. The molecule has 2 aliphatic rings. The smallest absolute Gasteiger partial charge is 0.0496 e. The maximum Gasteiger partial charge on any atom is 0.0496 e. The molecule has 2 atom stereocenters. The van der Waals surface area contributed by atoms with Gasteiger partial charge in [0.05, 0.1) is 0 Å². The summed E-state index contributed by atoms with van der Waals surface area (Å²) in [5, 5.41) is 0. The van der Waals surface area contributed by atoms with Crippen LogP contribution in [0.15, 0.2) is 0 Å². The lowest BCUT2D eigenvalue weighted by Crippen LogP contribution is -2.60. The van der Waals surface area contributed by atoms with Crippen LogP contribution in [0, 0.1) is 0 Å². The average molecular weight is 268 g/mol. The molecule has 0 aromatic carbocycles. The fourth-order valence-electron chi connectivity index (χ4n) is 4.06. The number of rotatable bonds is 6. The predicted molar refractivity (Wildman–Crippen MR) is 81.4 cm³/mol. The molecule has 2 N–H and O–H groups in total. The Morgan fingerprint density at radius 1 is 1.16 bits per heavy atom. The molecule has 0 saturated carbocycles. The Balaban J connectivity index is 1.97. The molecule has 2 rings (SSSR count). The molecule has 2 saturated heterocycles. The Bertz CT molecular complexity index is 281. The maximum atomic E-state index is 6.23. The molecule has 0 aromatic heterocycles. The number of nitrogens with two attached hydrogens (primary N) is 1. The standard InChI is InChI=1S/C15H32N4/c1-17(2)9-6-10-18(3)15(13-16)8-12-19-11-5-4-7-14(15)19/h14H,4-13,16H2,1-3H3. The van der Waals surface area contributed by atoms with Gasteiger partial charge < -0.3 is 10.6 Å². The summed E-state index contributed by atoms with van der Waals surface area (Å²) in [4.78, 5) is 7.54. The molecule has 0 aromatic rings. The third-order valence-electron chi connectivity index (χ3n) is 5.28. The minimum absolute atomic E-state index is 0.243. The third kappa shape index (κ3) is 3.13. The Kier molecular flexibility index (Phi) is 5.23. The van der Waals surface area contributed by atoms with Gasteiger partial charge in [-0.05, 0) is 66.5 Å². The van der Waals surface area contributed by atoms with Crippen molar-refractivity contribution in [2.75, 3.05) is 53.9 Å². The number of nitrogens with zero attached hydrogens (tertiary/aromatic N) is 3. The molecule has 0 aliphatic carbocycles. The second kappa shape index (κ2) is 6.53. The van der Waals surface area contributed by atoms with Gasteiger partial charge in [-0.2, -0.15) is 0 Å². The highest BCUT2D eigenvalue weighted by atomic mass is 15.3. The van der Waals surface area contributed by atoms with E-state index in [4.69, 9.17) is 5.73 Å². The van der Waals surface area contributed by atoms with E-state index >= 15 is 0 Å². The van der Waals surface area contributed by atoms with Crippen LogP contribution < -0.4 is 5.73 Å². The second-order valence-corrected chi connectivity index (χ2v) is 6.68. The quantitative estimate of drug-likeness (QED) is 0.774. The van der Waals surface area contributed by atoms with Crippen molar-refractivity contribution in [1.29, 1.82) is 0 Å². The van der Waals surface area contributed by atoms with E-state index in [1.165, 1.54) is 58.3 Å². The summed E-state index contributed by atoms with van der Waals surface area (Å²) in [5.41, 5.74) is 6.47. The lowest BCUT2D eigenvalue weighted by molar-refractivity contribution is 0.0544. The number of piperidine rings is 1. The molecular weight excluding hydrogens is 236 g/mol. The molecule has 2 aliphatic heterocycles. The van der Waals surface area contributed by atoms with E-state index in [-0.39, 0.29) is 5.54 Å². The molecule has 0 bridgehead atoms. The van der Waals surface area contributed by atoms with E-state index in [0.717, 1.165) is 6.54 Å². The van der Waals surface area contributed by atoms with Gasteiger partial charge in [0.15, 0.2) is 0 Å². The fraction of sp³-hybridized carbons (Fsp3) is 1.00. The third-order valence-corrected chi connectivity index (χ3v) is 5.28. The monoisotopic (exact) mass is 268 g/mol. The predicted octanol–water partition coefficient (Wildman–Crippen LogP) is 0.826. The van der Waals surface area contributed by atoms with Crippen LogP contribution in [0.4, 0.5) is 0 Å². The number of hydrogen-bond donors (Lipinski definition) is 1. The first-order valence-corrected chi connectivity index (χ1v) is 7.90. The fourth-order valence-corrected chi connectivity index (χ4v) is 4.06. The zero-order valence-electron chi connectivity index (χ0n) is 13.1. The van der Waals surface area contributed by atoms with Gasteiger partial charge in [-0.1, -0.05) is 6.42 Å². The van der Waals surface area contributed by atoms with Crippen molar-refractivity contribution in [3.05, 3.63) is 0 Å². The SMILES string of the molecule is CN(C)CCCN(C)C1(CN)CCN2CCCCC21. The molecule has 4 nitrogen and oxygen atoms in total. The van der Waals surface area contributed by atoms with Gasteiger partial charge in [-0.3, -0.25) is 9.80 Å². The Morgan fingerprint density at radius 2 is 1.95 bits per heavy atom. The van der Waals surface area contributed by atoms with Crippen molar-refractivity contribution in [2.24, 2.45) is 5.73 Å². The van der Waals surface area contributed by atoms with Crippen LogP contribution in [0.2, 0.25) is 0 Å². The summed E-state index contributed by atoms with van der Waals surface area (Å²) >= 11 is 0. The van der Waals surface area contributed by atoms with Crippen molar-refractivity contribution in [3.63, 3.8) is 0 Å². The lowest BCUT2D eigenvalue weighted by Gasteiger charge is -2.46. The van der Waals surface area contributed by atoms with E-state index in [2.05, 4.69) is 35.8 Å². The van der Waals surface area contributed by atoms with Crippen LogP contribution in [0.5, 0.6) is 0 Å². The van der Waals surface area contributed by atoms with E-state index in [9.17, 15) is 0 Å². The van der Waals surface area contributed by atoms with Crippen LogP contribution in [0.3, 0.4) is 0 Å². The summed E-state index contributed by atoms with van der Waals surface area (Å²) in [7, 11) is 6.59. The minimum Gasteiger partial charge on any atom is -0.329 e. The molecule has 0 radical (unpaired) electrons. The molecule has 0 amide bonds. The first-order chi connectivity index (χ1) is 9.10. The summed E-state index contributed by atoms with van der Waals surface area (Å²) in [5.74, 6) is 0. The molecule has 112 valence electrons. The zero-order valence-corrected chi connectivity index (χ0v) is 13.1. The van der Waals surface area contributed by atoms with E-state index in [1.54, 1.807) is 0 Å². The van der Waals surface area contributed by atoms with Crippen LogP contribution in [0.25, 0.3) is 0 Å². The second-order valence-electron chi connectivity index (χ2n) is 6.68. The van der Waals surface area contributed by atoms with Gasteiger partial charge >= 0.3 is 0 Å². The van der Waals surface area contributed by atoms with E-state index in [0.29, 0.717) is 6.04 Å². The summed E-state index contributed by atoms with van der Waals surface area (Å²) in [6.07, 6.45) is 6.59. The number of hydrogen-bond acceptors (Lipinski definition) is 4. The van der Waals surface area contributed by atoms with Crippen molar-refractivity contribution < 1.29 is 0 Å². The molecule has 4 heteroatoms. The minimum atomic E-state index is 0.243. The van der Waals surface area contributed by atoms with Crippen molar-refractivity contribution in [3.8, 4) is 0 Å². The first kappa shape index (κ1) is 15.2. The zero-order chi connectivity index (χ0) is 13.9. The van der Waals surface area contributed by atoms with Crippen LogP contribution >= 0.6 is 0 Å². The molecule has 19 heavy (non-hydrogen) atoms.